The van der Waals surface area contributed by atoms with Crippen LogP contribution in [0.3, 0.4) is 0 Å². The van der Waals surface area contributed by atoms with Crippen molar-refractivity contribution < 1.29 is 19.7 Å². The number of nitrogens with zero attached hydrogens (tertiary/aromatic N) is 3. The average Bonchev–Trinajstić information content (AvgIpc) is 3.29. The zero-order valence-electron chi connectivity index (χ0n) is 22.4. The Hall–Kier alpha value is -4.11. The van der Waals surface area contributed by atoms with Gasteiger partial charge in [-0.05, 0) is 61.6 Å². The number of pyridine rings is 1. The molecule has 2 aromatic heterocycles. The van der Waals surface area contributed by atoms with Crippen LogP contribution in [0.4, 0.5) is 5.82 Å². The summed E-state index contributed by atoms with van der Waals surface area (Å²) in [5, 5.41) is 24.1. The maximum atomic E-state index is 11.2. The molecule has 0 aliphatic heterocycles. The first-order valence-corrected chi connectivity index (χ1v) is 13.5. The van der Waals surface area contributed by atoms with E-state index in [2.05, 4.69) is 46.6 Å². The summed E-state index contributed by atoms with van der Waals surface area (Å²) in [6.07, 6.45) is 6.47. The average molecular weight is 532 g/mol. The normalized spacial score (nSPS) is 11.3. The Bertz CT molecular complexity index is 1460. The van der Waals surface area contributed by atoms with Gasteiger partial charge in [0.25, 0.3) is 0 Å². The number of nitrogens with two attached hydrogens (primary N) is 1. The second kappa shape index (κ2) is 13.1. The van der Waals surface area contributed by atoms with Crippen molar-refractivity contribution in [3.8, 4) is 11.5 Å². The molecule has 9 heteroatoms. The number of phenols is 2. The van der Waals surface area contributed by atoms with Crippen LogP contribution < -0.4 is 11.1 Å². The number of nitrogens with one attached hydrogen (secondary N) is 1. The van der Waals surface area contributed by atoms with Crippen LogP contribution in [0.1, 0.15) is 49.6 Å². The molecule has 2 aromatic carbocycles. The number of nitrogen functional groups attached to an aromatic ring is 1. The fourth-order valence-corrected chi connectivity index (χ4v) is 4.66. The molecule has 4 aromatic rings. The van der Waals surface area contributed by atoms with Gasteiger partial charge in [-0.2, -0.15) is 0 Å². The lowest BCUT2D eigenvalue weighted by Gasteiger charge is -2.13. The van der Waals surface area contributed by atoms with E-state index in [9.17, 15) is 15.0 Å². The molecule has 9 nitrogen and oxygen atoms in total. The molecule has 0 aliphatic carbocycles. The molecule has 0 unspecified atom stereocenters. The monoisotopic (exact) mass is 531 g/mol. The number of amides is 1. The number of benzene rings is 2. The Labute approximate surface area is 228 Å². The third-order valence-electron chi connectivity index (χ3n) is 6.70. The standard InChI is InChI=1S/C30H37N5O4/c1-3-5-9-26-34-28-29(35(26)19-21-18-22(36)11-13-25(21)37)23-12-10-20(17-24(23)33-30(28)31)8-6-15-39-16-7-14-32-27(38)4-2/h4,10-13,17-18,36-37H,2-3,5-9,14-16,19H2,1H3,(H2,31,33)(H,32,38). The highest BCUT2D eigenvalue weighted by molar-refractivity contribution is 6.06. The Morgan fingerprint density at radius 2 is 1.92 bits per heavy atom. The third kappa shape index (κ3) is 6.86. The van der Waals surface area contributed by atoms with Gasteiger partial charge in [-0.15, -0.1) is 0 Å². The van der Waals surface area contributed by atoms with Crippen molar-refractivity contribution in [3.05, 3.63) is 66.0 Å². The molecule has 0 atom stereocenters. The summed E-state index contributed by atoms with van der Waals surface area (Å²) in [7, 11) is 0. The Balaban J connectivity index is 1.54. The number of unbranched alkanes of at least 4 members (excludes halogenated alkanes) is 1. The number of imidazole rings is 1. The van der Waals surface area contributed by atoms with Crippen LogP contribution in [0.15, 0.2) is 49.1 Å². The topological polar surface area (TPSA) is 136 Å². The number of fused-ring (bicyclic) bond motifs is 3. The van der Waals surface area contributed by atoms with Gasteiger partial charge in [0, 0.05) is 37.1 Å². The van der Waals surface area contributed by atoms with Gasteiger partial charge in [-0.1, -0.05) is 32.1 Å². The summed E-state index contributed by atoms with van der Waals surface area (Å²) in [5.41, 5.74) is 10.5. The summed E-state index contributed by atoms with van der Waals surface area (Å²) in [6.45, 7) is 7.70. The van der Waals surface area contributed by atoms with E-state index in [0.29, 0.717) is 43.2 Å². The maximum absolute atomic E-state index is 11.2. The molecule has 0 fully saturated rings. The molecular formula is C30H37N5O4. The quantitative estimate of drug-likeness (QED) is 0.106. The number of ether oxygens (including phenoxy) is 1. The lowest BCUT2D eigenvalue weighted by molar-refractivity contribution is -0.116. The number of aromatic nitrogens is 3. The van der Waals surface area contributed by atoms with Gasteiger partial charge in [0.1, 0.15) is 22.8 Å². The predicted octanol–water partition coefficient (Wildman–Crippen LogP) is 4.61. The third-order valence-corrected chi connectivity index (χ3v) is 6.70. The second-order valence-electron chi connectivity index (χ2n) is 9.64. The minimum Gasteiger partial charge on any atom is -0.508 e. The van der Waals surface area contributed by atoms with Gasteiger partial charge >= 0.3 is 0 Å². The lowest BCUT2D eigenvalue weighted by Crippen LogP contribution is -2.22. The van der Waals surface area contributed by atoms with E-state index in [4.69, 9.17) is 15.5 Å². The van der Waals surface area contributed by atoms with E-state index < -0.39 is 0 Å². The molecule has 0 spiro atoms. The number of phenolic OH excluding ortho intramolecular Hbond substituents is 2. The molecular weight excluding hydrogens is 494 g/mol. The summed E-state index contributed by atoms with van der Waals surface area (Å²) >= 11 is 0. The smallest absolute Gasteiger partial charge is 0.243 e. The molecule has 0 saturated carbocycles. The zero-order chi connectivity index (χ0) is 27.8. The highest BCUT2D eigenvalue weighted by Crippen LogP contribution is 2.32. The first-order valence-electron chi connectivity index (χ1n) is 13.5. The second-order valence-corrected chi connectivity index (χ2v) is 9.64. The number of aromatic hydroxyl groups is 2. The molecule has 1 amide bonds. The van der Waals surface area contributed by atoms with Crippen LogP contribution in [0, 0.1) is 0 Å². The van der Waals surface area contributed by atoms with Crippen molar-refractivity contribution >= 4 is 33.7 Å². The van der Waals surface area contributed by atoms with Gasteiger partial charge in [-0.3, -0.25) is 4.79 Å². The van der Waals surface area contributed by atoms with E-state index in [0.717, 1.165) is 66.3 Å². The first kappa shape index (κ1) is 27.9. The largest absolute Gasteiger partial charge is 0.508 e. The van der Waals surface area contributed by atoms with E-state index >= 15 is 0 Å². The summed E-state index contributed by atoms with van der Waals surface area (Å²) in [5.74, 6) is 1.30. The number of carbonyl (C=O) groups is 1. The summed E-state index contributed by atoms with van der Waals surface area (Å²) in [4.78, 5) is 20.7. The van der Waals surface area contributed by atoms with Crippen molar-refractivity contribution in [2.75, 3.05) is 25.5 Å². The predicted molar refractivity (Wildman–Crippen MR) is 154 cm³/mol. The molecule has 4 rings (SSSR count). The van der Waals surface area contributed by atoms with Gasteiger partial charge in [-0.25, -0.2) is 9.97 Å². The van der Waals surface area contributed by atoms with E-state index in [1.54, 1.807) is 6.07 Å². The van der Waals surface area contributed by atoms with Crippen molar-refractivity contribution in [1.82, 2.24) is 19.9 Å². The maximum Gasteiger partial charge on any atom is 0.243 e. The van der Waals surface area contributed by atoms with Gasteiger partial charge in [0.2, 0.25) is 5.91 Å². The van der Waals surface area contributed by atoms with Crippen LogP contribution in [0.25, 0.3) is 21.9 Å². The van der Waals surface area contributed by atoms with Gasteiger partial charge in [0.15, 0.2) is 5.82 Å². The Morgan fingerprint density at radius 3 is 2.72 bits per heavy atom. The number of aryl methyl sites for hydroxylation is 2. The van der Waals surface area contributed by atoms with Crippen LogP contribution in [-0.2, 0) is 28.9 Å². The lowest BCUT2D eigenvalue weighted by atomic mass is 10.1. The van der Waals surface area contributed by atoms with E-state index in [1.807, 2.05) is 0 Å². The van der Waals surface area contributed by atoms with Crippen LogP contribution in [0.5, 0.6) is 11.5 Å². The number of carbonyl (C=O) groups excluding carboxylic acids is 1. The highest BCUT2D eigenvalue weighted by atomic mass is 16.5. The number of hydrogen-bond acceptors (Lipinski definition) is 7. The Kier molecular flexibility index (Phi) is 9.38. The van der Waals surface area contributed by atoms with Crippen molar-refractivity contribution in [3.63, 3.8) is 0 Å². The Morgan fingerprint density at radius 1 is 1.10 bits per heavy atom. The molecule has 206 valence electrons. The van der Waals surface area contributed by atoms with Crippen molar-refractivity contribution in [1.29, 1.82) is 0 Å². The fourth-order valence-electron chi connectivity index (χ4n) is 4.66. The molecule has 0 bridgehead atoms. The SMILES string of the molecule is C=CC(=O)NCCCOCCCc1ccc2c(c1)nc(N)c1nc(CCCC)n(Cc3cc(O)ccc3O)c12. The van der Waals surface area contributed by atoms with E-state index in [-0.39, 0.29) is 17.4 Å². The minimum absolute atomic E-state index is 0.0986. The number of rotatable bonds is 14. The summed E-state index contributed by atoms with van der Waals surface area (Å²) < 4.78 is 7.79. The molecule has 0 aliphatic rings. The van der Waals surface area contributed by atoms with Gasteiger partial charge < -0.3 is 30.6 Å². The fraction of sp³-hybridized carbons (Fsp3) is 0.367. The van der Waals surface area contributed by atoms with Crippen LogP contribution >= 0.6 is 0 Å². The zero-order valence-corrected chi connectivity index (χ0v) is 22.4. The molecule has 0 radical (unpaired) electrons. The number of hydrogen-bond donors (Lipinski definition) is 4. The number of anilines is 1. The molecule has 39 heavy (non-hydrogen) atoms. The van der Waals surface area contributed by atoms with Crippen LogP contribution in [-0.4, -0.2) is 50.4 Å². The van der Waals surface area contributed by atoms with Crippen molar-refractivity contribution in [2.24, 2.45) is 0 Å². The first-order chi connectivity index (χ1) is 18.9. The van der Waals surface area contributed by atoms with Gasteiger partial charge in [0.05, 0.1) is 17.6 Å². The molecule has 0 saturated heterocycles. The van der Waals surface area contributed by atoms with E-state index in [1.165, 1.54) is 18.2 Å². The minimum atomic E-state index is -0.171. The molecule has 2 heterocycles. The van der Waals surface area contributed by atoms with Crippen molar-refractivity contribution in [2.45, 2.75) is 52.0 Å². The molecule has 5 N–H and O–H groups in total. The highest BCUT2D eigenvalue weighted by Gasteiger charge is 2.19. The van der Waals surface area contributed by atoms with Crippen LogP contribution in [0.2, 0.25) is 0 Å². The summed E-state index contributed by atoms with van der Waals surface area (Å²) in [6, 6.07) is 10.8.